The molecule has 2 unspecified atom stereocenters. The van der Waals surface area contributed by atoms with Crippen LogP contribution in [0.3, 0.4) is 0 Å². The summed E-state index contributed by atoms with van der Waals surface area (Å²) < 4.78 is 46.1. The molecule has 3 aliphatic heterocycles. The fourth-order valence-corrected chi connectivity index (χ4v) is 16.1. The molecule has 3 aliphatic rings. The number of aliphatic hydroxyl groups is 2. The number of aliphatic hydroxyl groups excluding tert-OH is 2. The minimum atomic E-state index is -2.29. The summed E-state index contributed by atoms with van der Waals surface area (Å²) in [4.78, 5) is 62.0. The Morgan fingerprint density at radius 2 is 1.22 bits per heavy atom. The molecule has 21 heteroatoms. The van der Waals surface area contributed by atoms with E-state index in [1.54, 1.807) is 39.8 Å². The van der Waals surface area contributed by atoms with E-state index in [9.17, 15) is 34.2 Å². The average molecular weight is 1410 g/mol. The molecule has 0 aliphatic carbocycles. The second kappa shape index (κ2) is 41.2. The van der Waals surface area contributed by atoms with E-state index in [4.69, 9.17) is 54.6 Å². The number of hydrogen-bond donors (Lipinski definition) is 3. The van der Waals surface area contributed by atoms with Gasteiger partial charge in [-0.25, -0.2) is 6.57 Å². The molecule has 12 atom stereocenters. The molecule has 4 rings (SSSR count). The predicted octanol–water partition coefficient (Wildman–Crippen LogP) is 16.7. The average Bonchev–Trinajstić information content (AvgIpc) is 1.47. The van der Waals surface area contributed by atoms with Gasteiger partial charge < -0.3 is 61.6 Å². The van der Waals surface area contributed by atoms with E-state index in [-0.39, 0.29) is 87.2 Å². The standard InChI is InChI=1S/C18H33NO3Si.C17H32O5Si.C12H16ClNOSi.C12H22O.C8H14O2.C7H14O3/c1-10-13(20)11-14-18(5,6)15(12-16(19-7)21-14)22-23(8,9)17(2,3)4;1-12(19)20-15-11-14(22-23(7,8)16(2,3)4)17(5,6)13(21-15)9-10-18;1-3-9-16(13)14-10(2)12(15-16)11-7-5-4-6-8-11;1-6-8-10(3)12(4,5)11(13)9-7-2;1-4-5-7(10)8(2,3)6-9;1-7(2,5-8)6(9-3)10-4/h14-16H,10-12H2,1-6,8-9H3;10,13-15H,9,11H2,1-8H3;3-8,10,12,14H,1,9H2,2H3;6-7,10-11,13H,1-2,8-9H2,3-5H3;4,6-7,10H,1,5H2,2-3H3;5-6H,1-4H3/t14-,15-,16+;13-,14-,15?;10-,12+,16?;10-,11-;7-;/m11111./s1. The van der Waals surface area contributed by atoms with Crippen molar-refractivity contribution in [2.24, 2.45) is 33.0 Å². The zero-order valence-electron chi connectivity index (χ0n) is 63.6. The third kappa shape index (κ3) is 30.4. The first-order chi connectivity index (χ1) is 43.4. The van der Waals surface area contributed by atoms with Crippen molar-refractivity contribution < 1.29 is 71.1 Å². The van der Waals surface area contributed by atoms with Crippen LogP contribution in [0.25, 0.3) is 4.85 Å². The van der Waals surface area contributed by atoms with Gasteiger partial charge in [-0.15, -0.1) is 37.4 Å². The van der Waals surface area contributed by atoms with Gasteiger partial charge in [0.05, 0.1) is 54.6 Å². The molecule has 0 bridgehead atoms. The van der Waals surface area contributed by atoms with Gasteiger partial charge in [-0.2, -0.15) is 0 Å². The maximum Gasteiger partial charge on any atom is 0.375 e. The van der Waals surface area contributed by atoms with Gasteiger partial charge in [0.1, 0.15) is 24.6 Å². The number of ether oxygens (including phenoxy) is 5. The summed E-state index contributed by atoms with van der Waals surface area (Å²) in [7, 11) is -3.20. The molecule has 3 N–H and O–H groups in total. The van der Waals surface area contributed by atoms with Gasteiger partial charge in [-0.05, 0) is 93.2 Å². The van der Waals surface area contributed by atoms with Crippen molar-refractivity contribution in [2.45, 2.75) is 300 Å². The highest BCUT2D eigenvalue weighted by Gasteiger charge is 2.53. The monoisotopic (exact) mass is 1410 g/mol. The van der Waals surface area contributed by atoms with Gasteiger partial charge >= 0.3 is 20.0 Å². The number of hydrogen-bond acceptors (Lipinski definition) is 16. The van der Waals surface area contributed by atoms with Gasteiger partial charge in [0, 0.05) is 75.2 Å². The highest BCUT2D eigenvalue weighted by atomic mass is 35.6. The van der Waals surface area contributed by atoms with Gasteiger partial charge in [0.2, 0.25) is 6.29 Å². The number of nitrogens with zero attached hydrogens (tertiary/aromatic N) is 1. The second-order valence-electron chi connectivity index (χ2n) is 31.3. The normalized spacial score (nSPS) is 24.4. The molecule has 0 saturated carbocycles. The van der Waals surface area contributed by atoms with Crippen LogP contribution in [-0.4, -0.2) is 141 Å². The Kier molecular flexibility index (Phi) is 40.5. The topological polar surface area (TPSA) is 216 Å². The Labute approximate surface area is 584 Å². The summed E-state index contributed by atoms with van der Waals surface area (Å²) in [5.41, 5.74) is -0.698. The number of halogens is 1. The first-order valence-corrected chi connectivity index (χ1v) is 42.5. The van der Waals surface area contributed by atoms with E-state index in [0.717, 1.165) is 31.3 Å². The van der Waals surface area contributed by atoms with Crippen LogP contribution < -0.4 is 4.98 Å². The van der Waals surface area contributed by atoms with Crippen molar-refractivity contribution in [2.75, 3.05) is 14.2 Å². The maximum atomic E-state index is 11.9. The summed E-state index contributed by atoms with van der Waals surface area (Å²) >= 11 is 6.44. The molecule has 3 heterocycles. The van der Waals surface area contributed by atoms with Crippen molar-refractivity contribution in [1.29, 1.82) is 0 Å². The van der Waals surface area contributed by atoms with Crippen LogP contribution in [0.15, 0.2) is 81.0 Å². The molecule has 17 nitrogen and oxygen atoms in total. The predicted molar refractivity (Wildman–Crippen MR) is 394 cm³/mol. The summed E-state index contributed by atoms with van der Waals surface area (Å²) in [6.07, 6.45) is 10.6. The maximum absolute atomic E-state index is 11.9. The van der Waals surface area contributed by atoms with Crippen LogP contribution >= 0.6 is 11.1 Å². The molecule has 3 saturated heterocycles. The zero-order valence-corrected chi connectivity index (χ0v) is 67.3. The summed E-state index contributed by atoms with van der Waals surface area (Å²) in [5, 5.41) is 19.3. The van der Waals surface area contributed by atoms with E-state index >= 15 is 0 Å². The molecular formula is C74H131ClN2O15Si3. The highest BCUT2D eigenvalue weighted by Crippen LogP contribution is 2.48. The SMILES string of the molecule is C=CC[C@@H](C)C(C)(C)[C@H](O)CC=C.C=CC[C@@H](O)C(C)(C)C=O.C=CC[Si]1(Cl)N[C@H](C)[C@@H](c2ccccc2)O1.CC(=O)OC1C[C@@H](O[Si](C)(C)C(C)(C)C)C(C)(C)[C@@H](CC=O)O1.COC(OC)C(C)(C)C=O.[C-]#[N+][C@@H]1C[C@@H](O[Si](C)(C)C(C)(C)C)C(C)(C)[C@@H](CC(=O)CC)O1. The van der Waals surface area contributed by atoms with Crippen LogP contribution in [0.4, 0.5) is 0 Å². The van der Waals surface area contributed by atoms with Crippen LogP contribution in [0.1, 0.15) is 202 Å². The third-order valence-electron chi connectivity index (χ3n) is 19.5. The molecule has 546 valence electrons. The van der Waals surface area contributed by atoms with E-state index in [2.05, 4.69) is 171 Å². The van der Waals surface area contributed by atoms with Crippen molar-refractivity contribution >= 4 is 66.1 Å². The first-order valence-electron chi connectivity index (χ1n) is 33.5. The number of methoxy groups -OCH3 is 2. The molecular weight excluding hydrogens is 1280 g/mol. The van der Waals surface area contributed by atoms with Crippen molar-refractivity contribution in [3.63, 3.8) is 0 Å². The molecule has 0 amide bonds. The molecule has 3 fully saturated rings. The lowest BCUT2D eigenvalue weighted by Gasteiger charge is -2.50. The number of allylic oxidation sites excluding steroid dienone is 2. The van der Waals surface area contributed by atoms with Gasteiger partial charge in [0.15, 0.2) is 22.9 Å². The minimum absolute atomic E-state index is 0.0501. The van der Waals surface area contributed by atoms with Crippen LogP contribution in [0, 0.1) is 39.6 Å². The molecule has 0 radical (unpaired) electrons. The highest BCUT2D eigenvalue weighted by molar-refractivity contribution is 7.15. The first kappa shape index (κ1) is 93.4. The number of esters is 1. The summed E-state index contributed by atoms with van der Waals surface area (Å²) in [5.74, 6) is 0.241. The summed E-state index contributed by atoms with van der Waals surface area (Å²) in [6.45, 7) is 71.0. The summed E-state index contributed by atoms with van der Waals surface area (Å²) in [6, 6.07) is 11.2. The Bertz CT molecular complexity index is 2520. The van der Waals surface area contributed by atoms with Crippen molar-refractivity contribution in [3.05, 3.63) is 97.9 Å². The number of aldehydes is 3. The number of carbonyl (C=O) groups excluding carboxylic acids is 5. The van der Waals surface area contributed by atoms with Crippen molar-refractivity contribution in [3.8, 4) is 0 Å². The van der Waals surface area contributed by atoms with E-state index in [1.807, 2.05) is 37.3 Å². The lowest BCUT2D eigenvalue weighted by atomic mass is 9.73. The van der Waals surface area contributed by atoms with E-state index in [1.165, 1.54) is 26.7 Å². The smallest absolute Gasteiger partial charge is 0.375 e. The lowest BCUT2D eigenvalue weighted by Crippen LogP contribution is -2.56. The van der Waals surface area contributed by atoms with Crippen LogP contribution in [0.2, 0.25) is 42.3 Å². The molecule has 95 heavy (non-hydrogen) atoms. The van der Waals surface area contributed by atoms with Crippen LogP contribution in [0.5, 0.6) is 0 Å². The molecule has 0 aromatic heterocycles. The quantitative estimate of drug-likeness (QED) is 0.0142. The molecule has 1 aromatic carbocycles. The number of ketones is 1. The Hall–Kier alpha value is -3.64. The fourth-order valence-electron chi connectivity index (χ4n) is 9.82. The number of nitrogens with one attached hydrogen (secondary N) is 1. The zero-order chi connectivity index (χ0) is 74.6. The number of rotatable bonds is 27. The number of benzene rings is 1. The number of Topliss-reactive ketones (excluding diaryl/α,β-unsaturated/α-hetero) is 1. The van der Waals surface area contributed by atoms with Gasteiger partial charge in [-0.3, -0.25) is 19.4 Å². The van der Waals surface area contributed by atoms with Crippen LogP contribution in [-0.2, 0) is 60.9 Å². The Balaban J connectivity index is 0. The van der Waals surface area contributed by atoms with Gasteiger partial charge in [0.25, 0.3) is 0 Å². The van der Waals surface area contributed by atoms with E-state index in [0.29, 0.717) is 44.4 Å². The number of carbonyl (C=O) groups is 5. The molecule has 1 aromatic rings. The Morgan fingerprint density at radius 1 is 0.758 bits per heavy atom. The second-order valence-corrected chi connectivity index (χ2v) is 45.1. The largest absolute Gasteiger partial charge is 0.436 e. The fraction of sp³-hybridized carbons (Fsp3) is 0.730. The van der Waals surface area contributed by atoms with Crippen molar-refractivity contribution in [1.82, 2.24) is 4.98 Å². The van der Waals surface area contributed by atoms with E-state index < -0.39 is 60.2 Å². The minimum Gasteiger partial charge on any atom is -0.436 e. The Morgan fingerprint density at radius 3 is 1.61 bits per heavy atom. The van der Waals surface area contributed by atoms with Gasteiger partial charge in [-0.1, -0.05) is 165 Å². The lowest BCUT2D eigenvalue weighted by molar-refractivity contribution is -0.247. The third-order valence-corrected chi connectivity index (χ3v) is 31.9. The molecule has 0 spiro atoms.